The maximum Gasteiger partial charge on any atom is 0.228 e. The number of carbonyl (C=O) groups is 1. The Morgan fingerprint density at radius 3 is 2.29 bits per heavy atom. The zero-order valence-electron chi connectivity index (χ0n) is 17.8. The zero-order chi connectivity index (χ0) is 21.8. The molecule has 31 heavy (non-hydrogen) atoms. The highest BCUT2D eigenvalue weighted by atomic mass is 35.5. The standard InChI is InChI=1S/C26H26ClNOS2/c1-3-30-22-9-4-19(5-10-22)17-25(29)28-21-8-13-24(18(2)16-21)26(14-15-26)31-23-11-6-20(27)7-12-23/h4-13,16H,3,14-15,17H2,1-2H3,(H,28,29). The summed E-state index contributed by atoms with van der Waals surface area (Å²) in [5, 5.41) is 3.83. The van der Waals surface area contributed by atoms with E-state index >= 15 is 0 Å². The number of hydrogen-bond donors (Lipinski definition) is 1. The number of thioether (sulfide) groups is 2. The molecular weight excluding hydrogens is 442 g/mol. The zero-order valence-corrected chi connectivity index (χ0v) is 20.2. The number of nitrogens with one attached hydrogen (secondary N) is 1. The second-order valence-corrected chi connectivity index (χ2v) is 11.1. The number of rotatable bonds is 8. The van der Waals surface area contributed by atoms with E-state index in [9.17, 15) is 4.79 Å². The van der Waals surface area contributed by atoms with Crippen molar-refractivity contribution in [2.75, 3.05) is 11.1 Å². The molecule has 0 heterocycles. The minimum absolute atomic E-state index is 0.0136. The number of carbonyl (C=O) groups excluding carboxylic acids is 1. The topological polar surface area (TPSA) is 29.1 Å². The third-order valence-electron chi connectivity index (χ3n) is 5.43. The Morgan fingerprint density at radius 1 is 1.00 bits per heavy atom. The fraction of sp³-hybridized carbons (Fsp3) is 0.269. The van der Waals surface area contributed by atoms with E-state index in [0.29, 0.717) is 6.42 Å². The molecule has 1 aliphatic rings. The predicted molar refractivity (Wildman–Crippen MR) is 135 cm³/mol. The Labute approximate surface area is 198 Å². The first-order valence-corrected chi connectivity index (χ1v) is 12.7. The molecule has 0 aromatic heterocycles. The Morgan fingerprint density at radius 2 is 1.68 bits per heavy atom. The van der Waals surface area contributed by atoms with Crippen LogP contribution in [0.1, 0.15) is 36.5 Å². The van der Waals surface area contributed by atoms with Crippen LogP contribution in [0.4, 0.5) is 5.69 Å². The third-order valence-corrected chi connectivity index (χ3v) is 8.10. The molecule has 5 heteroatoms. The largest absolute Gasteiger partial charge is 0.326 e. The Kier molecular flexibility index (Phi) is 7.00. The van der Waals surface area contributed by atoms with Crippen molar-refractivity contribution in [3.8, 4) is 0 Å². The smallest absolute Gasteiger partial charge is 0.228 e. The van der Waals surface area contributed by atoms with Gasteiger partial charge in [-0.15, -0.1) is 23.5 Å². The van der Waals surface area contributed by atoms with Crippen molar-refractivity contribution >= 4 is 46.7 Å². The van der Waals surface area contributed by atoms with Gasteiger partial charge in [-0.25, -0.2) is 0 Å². The monoisotopic (exact) mass is 467 g/mol. The summed E-state index contributed by atoms with van der Waals surface area (Å²) >= 11 is 9.75. The van der Waals surface area contributed by atoms with Crippen LogP contribution in [0, 0.1) is 6.92 Å². The van der Waals surface area contributed by atoms with Crippen LogP contribution in [0.5, 0.6) is 0 Å². The van der Waals surface area contributed by atoms with Crippen LogP contribution >= 0.6 is 35.1 Å². The summed E-state index contributed by atoms with van der Waals surface area (Å²) in [5.74, 6) is 1.06. The van der Waals surface area contributed by atoms with E-state index in [2.05, 4.69) is 55.6 Å². The molecule has 1 aliphatic carbocycles. The third kappa shape index (κ3) is 5.68. The summed E-state index contributed by atoms with van der Waals surface area (Å²) in [5.41, 5.74) is 4.46. The highest BCUT2D eigenvalue weighted by molar-refractivity contribution is 8.00. The molecular formula is C26H26ClNOS2. The Balaban J connectivity index is 1.40. The minimum Gasteiger partial charge on any atom is -0.326 e. The fourth-order valence-corrected chi connectivity index (χ4v) is 5.94. The SMILES string of the molecule is CCSc1ccc(CC(=O)Nc2ccc(C3(Sc4ccc(Cl)cc4)CC3)c(C)c2)cc1. The summed E-state index contributed by atoms with van der Waals surface area (Å²) in [6.07, 6.45) is 2.71. The van der Waals surface area contributed by atoms with Crippen molar-refractivity contribution in [1.82, 2.24) is 0 Å². The van der Waals surface area contributed by atoms with Gasteiger partial charge in [-0.3, -0.25) is 4.79 Å². The molecule has 0 saturated heterocycles. The number of hydrogen-bond acceptors (Lipinski definition) is 3. The van der Waals surface area contributed by atoms with Gasteiger partial charge in [-0.2, -0.15) is 0 Å². The molecule has 4 rings (SSSR count). The fourth-order valence-electron chi connectivity index (χ4n) is 3.78. The van der Waals surface area contributed by atoms with E-state index in [4.69, 9.17) is 11.6 Å². The lowest BCUT2D eigenvalue weighted by molar-refractivity contribution is -0.115. The van der Waals surface area contributed by atoms with Crippen LogP contribution in [0.3, 0.4) is 0 Å². The molecule has 0 atom stereocenters. The van der Waals surface area contributed by atoms with Crippen molar-refractivity contribution in [2.24, 2.45) is 0 Å². The molecule has 0 bridgehead atoms. The quantitative estimate of drug-likeness (QED) is 0.344. The van der Waals surface area contributed by atoms with Gasteiger partial charge in [0.1, 0.15) is 0 Å². The average Bonchev–Trinajstić information content (AvgIpc) is 3.52. The van der Waals surface area contributed by atoms with Gasteiger partial charge in [0.2, 0.25) is 5.91 Å². The number of amides is 1. The van der Waals surface area contributed by atoms with Crippen LogP contribution in [0.2, 0.25) is 5.02 Å². The van der Waals surface area contributed by atoms with Crippen LogP contribution in [0.15, 0.2) is 76.5 Å². The summed E-state index contributed by atoms with van der Waals surface area (Å²) < 4.78 is 0.138. The van der Waals surface area contributed by atoms with E-state index in [-0.39, 0.29) is 10.7 Å². The van der Waals surface area contributed by atoms with Gasteiger partial charge in [-0.1, -0.05) is 36.7 Å². The summed E-state index contributed by atoms with van der Waals surface area (Å²) in [6, 6.07) is 22.6. The molecule has 3 aromatic carbocycles. The molecule has 2 nitrogen and oxygen atoms in total. The lowest BCUT2D eigenvalue weighted by Crippen LogP contribution is -2.15. The van der Waals surface area contributed by atoms with Crippen molar-refractivity contribution in [2.45, 2.75) is 47.6 Å². The van der Waals surface area contributed by atoms with Crippen molar-refractivity contribution in [3.63, 3.8) is 0 Å². The summed E-state index contributed by atoms with van der Waals surface area (Å²) in [6.45, 7) is 4.28. The highest BCUT2D eigenvalue weighted by Crippen LogP contribution is 2.60. The van der Waals surface area contributed by atoms with Gasteiger partial charge in [0.15, 0.2) is 0 Å². The first-order valence-electron chi connectivity index (χ1n) is 10.5. The number of aryl methyl sites for hydroxylation is 1. The normalized spacial score (nSPS) is 14.3. The van der Waals surface area contributed by atoms with E-state index < -0.39 is 0 Å². The Bertz CT molecular complexity index is 1060. The molecule has 1 N–H and O–H groups in total. The highest BCUT2D eigenvalue weighted by Gasteiger charge is 2.46. The second kappa shape index (κ2) is 9.72. The van der Waals surface area contributed by atoms with Crippen molar-refractivity contribution in [3.05, 3.63) is 88.4 Å². The van der Waals surface area contributed by atoms with Crippen molar-refractivity contribution in [1.29, 1.82) is 0 Å². The van der Waals surface area contributed by atoms with E-state index in [0.717, 1.165) is 22.0 Å². The summed E-state index contributed by atoms with van der Waals surface area (Å²) in [4.78, 5) is 15.0. The molecule has 0 radical (unpaired) electrons. The van der Waals surface area contributed by atoms with Crippen molar-refractivity contribution < 1.29 is 4.79 Å². The predicted octanol–water partition coefficient (Wildman–Crippen LogP) is 7.72. The number of halogens is 1. The van der Waals surface area contributed by atoms with Gasteiger partial charge in [-0.05, 0) is 90.7 Å². The van der Waals surface area contributed by atoms with Crippen LogP contribution in [0.25, 0.3) is 0 Å². The van der Waals surface area contributed by atoms with E-state index in [1.807, 2.05) is 53.9 Å². The second-order valence-electron chi connectivity index (χ2n) is 7.88. The molecule has 1 amide bonds. The van der Waals surface area contributed by atoms with Crippen LogP contribution < -0.4 is 5.32 Å². The van der Waals surface area contributed by atoms with Crippen LogP contribution in [-0.2, 0) is 16.0 Å². The molecule has 160 valence electrons. The molecule has 0 spiro atoms. The summed E-state index contributed by atoms with van der Waals surface area (Å²) in [7, 11) is 0. The molecule has 0 aliphatic heterocycles. The van der Waals surface area contributed by atoms with E-state index in [1.165, 1.54) is 33.8 Å². The number of benzene rings is 3. The minimum atomic E-state index is 0.0136. The van der Waals surface area contributed by atoms with Crippen LogP contribution in [-0.4, -0.2) is 11.7 Å². The Hall–Kier alpha value is -1.88. The lowest BCUT2D eigenvalue weighted by Gasteiger charge is -2.19. The average molecular weight is 468 g/mol. The van der Waals surface area contributed by atoms with Gasteiger partial charge in [0, 0.05) is 25.2 Å². The first kappa shape index (κ1) is 22.3. The van der Waals surface area contributed by atoms with Gasteiger partial charge in [0.05, 0.1) is 6.42 Å². The van der Waals surface area contributed by atoms with Gasteiger partial charge in [0.25, 0.3) is 0 Å². The van der Waals surface area contributed by atoms with Gasteiger partial charge < -0.3 is 5.32 Å². The van der Waals surface area contributed by atoms with E-state index in [1.54, 1.807) is 0 Å². The van der Waals surface area contributed by atoms with Gasteiger partial charge >= 0.3 is 0 Å². The molecule has 0 unspecified atom stereocenters. The lowest BCUT2D eigenvalue weighted by atomic mass is 10.0. The number of anilines is 1. The molecule has 1 saturated carbocycles. The molecule has 1 fully saturated rings. The maximum atomic E-state index is 12.5. The first-order chi connectivity index (χ1) is 15.0. The molecule has 3 aromatic rings. The maximum absolute atomic E-state index is 12.5.